The topological polar surface area (TPSA) is 43.6 Å². The van der Waals surface area contributed by atoms with E-state index in [2.05, 4.69) is 15.5 Å². The molecule has 0 aliphatic rings. The highest BCUT2D eigenvalue weighted by Gasteiger charge is 1.89. The monoisotopic (exact) mass is 210 g/mol. The van der Waals surface area contributed by atoms with Crippen LogP contribution in [0.25, 0.3) is 0 Å². The fraction of sp³-hybridized carbons (Fsp3) is 0.500. The molecule has 0 atom stereocenters. The van der Waals surface area contributed by atoms with Crippen molar-refractivity contribution >= 4 is 22.9 Å². The Bertz CT molecular complexity index is 142. The molecule has 38 valence electrons. The van der Waals surface area contributed by atoms with Crippen molar-refractivity contribution in [3.8, 4) is 0 Å². The van der Waals surface area contributed by atoms with Gasteiger partial charge in [0.1, 0.15) is 0 Å². The summed E-state index contributed by atoms with van der Waals surface area (Å²) in [5.74, 6) is 0.820. The Labute approximate surface area is 54.4 Å². The van der Waals surface area contributed by atoms with Gasteiger partial charge in [-0.3, -0.25) is 0 Å². The zero-order valence-corrected chi connectivity index (χ0v) is 5.82. The summed E-state index contributed by atoms with van der Waals surface area (Å²) in [6.07, 6.45) is 0. The van der Waals surface area contributed by atoms with Crippen LogP contribution < -0.4 is 0 Å². The molecule has 1 rings (SSSR count). The molecular weight excluding hydrogens is 207 g/mol. The Morgan fingerprint density at radius 2 is 2.43 bits per heavy atom. The number of aromatic nitrogens is 4. The van der Waals surface area contributed by atoms with E-state index in [1.54, 1.807) is 2.90 Å². The van der Waals surface area contributed by atoms with Crippen LogP contribution in [0, 0.1) is 6.92 Å². The molecule has 0 amide bonds. The Kier molecular flexibility index (Phi) is 1.22. The van der Waals surface area contributed by atoms with Crippen LogP contribution >= 0.6 is 22.9 Å². The molecule has 5 heteroatoms. The Hall–Kier alpha value is -0.200. The van der Waals surface area contributed by atoms with Gasteiger partial charge < -0.3 is 0 Å². The quantitative estimate of drug-likeness (QED) is 0.573. The van der Waals surface area contributed by atoms with Crippen molar-refractivity contribution in [2.24, 2.45) is 0 Å². The van der Waals surface area contributed by atoms with Gasteiger partial charge >= 0.3 is 0 Å². The fourth-order valence-corrected chi connectivity index (χ4v) is 0.404. The van der Waals surface area contributed by atoms with Crippen molar-refractivity contribution in [1.29, 1.82) is 0 Å². The van der Waals surface area contributed by atoms with Crippen molar-refractivity contribution in [3.63, 3.8) is 0 Å². The molecule has 0 saturated heterocycles. The fourth-order valence-electron chi connectivity index (χ4n) is 0.221. The van der Waals surface area contributed by atoms with Crippen LogP contribution in [0.3, 0.4) is 0 Å². The molecule has 0 N–H and O–H groups in total. The summed E-state index contributed by atoms with van der Waals surface area (Å²) in [7, 11) is 0. The van der Waals surface area contributed by atoms with Crippen LogP contribution in [0.15, 0.2) is 0 Å². The van der Waals surface area contributed by atoms with Crippen molar-refractivity contribution in [1.82, 2.24) is 18.4 Å². The van der Waals surface area contributed by atoms with Gasteiger partial charge in [-0.1, -0.05) is 0 Å². The molecular formula is C2H3IN4. The van der Waals surface area contributed by atoms with Crippen molar-refractivity contribution in [2.75, 3.05) is 0 Å². The highest BCUT2D eigenvalue weighted by molar-refractivity contribution is 14.1. The summed E-state index contributed by atoms with van der Waals surface area (Å²) < 4.78 is 1.58. The molecule has 0 spiro atoms. The van der Waals surface area contributed by atoms with Gasteiger partial charge in [-0.2, -0.15) is 2.90 Å². The second-order valence-electron chi connectivity index (χ2n) is 1.09. The molecule has 0 saturated carbocycles. The third-order valence-corrected chi connectivity index (χ3v) is 1.47. The van der Waals surface area contributed by atoms with E-state index in [9.17, 15) is 0 Å². The van der Waals surface area contributed by atoms with Gasteiger partial charge in [-0.05, 0) is 17.4 Å². The molecule has 0 aliphatic heterocycles. The average molecular weight is 210 g/mol. The highest BCUT2D eigenvalue weighted by atomic mass is 127. The SMILES string of the molecule is Cc1nnnn1I. The standard InChI is InChI=1S/C2H3IN4/c1-2-4-5-6-7(2)3/h1H3. The Morgan fingerprint density at radius 3 is 2.57 bits per heavy atom. The van der Waals surface area contributed by atoms with E-state index < -0.39 is 0 Å². The van der Waals surface area contributed by atoms with E-state index in [-0.39, 0.29) is 0 Å². The summed E-state index contributed by atoms with van der Waals surface area (Å²) >= 11 is 2.00. The maximum absolute atomic E-state index is 3.61. The number of hydrogen-bond acceptors (Lipinski definition) is 3. The maximum atomic E-state index is 3.61. The largest absolute Gasteiger partial charge is 0.168 e. The van der Waals surface area contributed by atoms with Crippen molar-refractivity contribution in [2.45, 2.75) is 6.92 Å². The van der Waals surface area contributed by atoms with Gasteiger partial charge in [-0.15, -0.1) is 5.10 Å². The predicted molar refractivity (Wildman–Crippen MR) is 32.0 cm³/mol. The van der Waals surface area contributed by atoms with E-state index in [1.165, 1.54) is 0 Å². The molecule has 0 bridgehead atoms. The summed E-state index contributed by atoms with van der Waals surface area (Å²) in [5.41, 5.74) is 0. The normalized spacial score (nSPS) is 9.43. The third-order valence-electron chi connectivity index (χ3n) is 0.575. The van der Waals surface area contributed by atoms with Gasteiger partial charge in [0.15, 0.2) is 5.82 Å². The minimum absolute atomic E-state index is 0.820. The number of aryl methyl sites for hydroxylation is 1. The lowest BCUT2D eigenvalue weighted by Gasteiger charge is -1.78. The third kappa shape index (κ3) is 0.872. The molecule has 0 radical (unpaired) electrons. The molecule has 1 aromatic rings. The number of rotatable bonds is 0. The molecule has 0 aliphatic carbocycles. The summed E-state index contributed by atoms with van der Waals surface area (Å²) in [6.45, 7) is 1.84. The first-order valence-electron chi connectivity index (χ1n) is 1.72. The number of halogens is 1. The van der Waals surface area contributed by atoms with Gasteiger partial charge in [0, 0.05) is 0 Å². The molecule has 0 unspecified atom stereocenters. The van der Waals surface area contributed by atoms with E-state index in [0.29, 0.717) is 0 Å². The number of tetrazole rings is 1. The van der Waals surface area contributed by atoms with Crippen LogP contribution in [-0.4, -0.2) is 18.4 Å². The van der Waals surface area contributed by atoms with E-state index in [4.69, 9.17) is 0 Å². The minimum Gasteiger partial charge on any atom is -0.168 e. The molecule has 0 fully saturated rings. The number of nitrogens with zero attached hydrogens (tertiary/aromatic N) is 4. The van der Waals surface area contributed by atoms with Crippen LogP contribution in [-0.2, 0) is 0 Å². The first-order valence-corrected chi connectivity index (χ1v) is 2.68. The first-order chi connectivity index (χ1) is 3.30. The smallest absolute Gasteiger partial charge is 0.159 e. The minimum atomic E-state index is 0.820. The van der Waals surface area contributed by atoms with Gasteiger partial charge in [0.2, 0.25) is 0 Å². The molecule has 7 heavy (non-hydrogen) atoms. The lowest BCUT2D eigenvalue weighted by Crippen LogP contribution is -1.82. The van der Waals surface area contributed by atoms with Gasteiger partial charge in [0.25, 0.3) is 0 Å². The Balaban J connectivity index is 3.12. The summed E-state index contributed by atoms with van der Waals surface area (Å²) in [4.78, 5) is 0. The van der Waals surface area contributed by atoms with Crippen molar-refractivity contribution in [3.05, 3.63) is 5.82 Å². The first kappa shape index (κ1) is 4.95. The maximum Gasteiger partial charge on any atom is 0.159 e. The lowest BCUT2D eigenvalue weighted by molar-refractivity contribution is 0.870. The van der Waals surface area contributed by atoms with E-state index >= 15 is 0 Å². The van der Waals surface area contributed by atoms with Crippen LogP contribution in [0.2, 0.25) is 0 Å². The second kappa shape index (κ2) is 1.73. The highest BCUT2D eigenvalue weighted by Crippen LogP contribution is 1.90. The lowest BCUT2D eigenvalue weighted by atomic mass is 10.8. The molecule has 1 aromatic heterocycles. The molecule has 4 nitrogen and oxygen atoms in total. The molecule has 0 aromatic carbocycles. The average Bonchev–Trinajstić information content (AvgIpc) is 1.91. The summed E-state index contributed by atoms with van der Waals surface area (Å²) in [5, 5.41) is 10.5. The molecule has 1 heterocycles. The van der Waals surface area contributed by atoms with E-state index in [1.807, 2.05) is 29.8 Å². The Morgan fingerprint density at radius 1 is 1.71 bits per heavy atom. The van der Waals surface area contributed by atoms with Crippen LogP contribution in [0.4, 0.5) is 0 Å². The van der Waals surface area contributed by atoms with Crippen LogP contribution in [0.1, 0.15) is 5.82 Å². The predicted octanol–water partition coefficient (Wildman–Crippen LogP) is 0.180. The van der Waals surface area contributed by atoms with Gasteiger partial charge in [0.05, 0.1) is 22.9 Å². The van der Waals surface area contributed by atoms with Crippen molar-refractivity contribution < 1.29 is 0 Å². The summed E-state index contributed by atoms with van der Waals surface area (Å²) in [6, 6.07) is 0. The van der Waals surface area contributed by atoms with Crippen LogP contribution in [0.5, 0.6) is 0 Å². The zero-order chi connectivity index (χ0) is 5.28. The van der Waals surface area contributed by atoms with Gasteiger partial charge in [-0.25, -0.2) is 0 Å². The van der Waals surface area contributed by atoms with E-state index in [0.717, 1.165) is 5.82 Å². The number of hydrogen-bond donors (Lipinski definition) is 0. The zero-order valence-electron chi connectivity index (χ0n) is 3.67. The second-order valence-corrected chi connectivity index (χ2v) is 2.00.